The Labute approximate surface area is 76.7 Å². The first-order valence-electron chi connectivity index (χ1n) is 5.13. The number of rotatable bonds is 0. The van der Waals surface area contributed by atoms with E-state index in [9.17, 15) is 0 Å². The number of hydrogen-bond donors (Lipinski definition) is 1. The predicted octanol–water partition coefficient (Wildman–Crippen LogP) is 2.94. The second-order valence-electron chi connectivity index (χ2n) is 5.52. The van der Waals surface area contributed by atoms with Gasteiger partial charge in [-0.3, -0.25) is 0 Å². The van der Waals surface area contributed by atoms with Crippen LogP contribution in [0.1, 0.15) is 53.4 Å². The van der Waals surface area contributed by atoms with Gasteiger partial charge in [-0.05, 0) is 23.7 Å². The maximum Gasteiger partial charge on any atom is 0.00979 e. The second kappa shape index (κ2) is 3.02. The largest absolute Gasteiger partial charge is 0.327 e. The minimum atomic E-state index is 0.352. The minimum absolute atomic E-state index is 0.352. The summed E-state index contributed by atoms with van der Waals surface area (Å²) in [5, 5.41) is 0. The lowest BCUT2D eigenvalue weighted by molar-refractivity contribution is 0.0374. The fraction of sp³-hybridized carbons (Fsp3) is 1.00. The third-order valence-electron chi connectivity index (χ3n) is 3.99. The van der Waals surface area contributed by atoms with Crippen LogP contribution >= 0.6 is 0 Å². The highest BCUT2D eigenvalue weighted by Gasteiger charge is 2.43. The highest BCUT2D eigenvalue weighted by molar-refractivity contribution is 4.96. The first-order chi connectivity index (χ1) is 5.38. The molecule has 0 heterocycles. The number of nitrogens with two attached hydrogens (primary N) is 1. The van der Waals surface area contributed by atoms with Crippen LogP contribution in [-0.4, -0.2) is 6.04 Å². The molecule has 0 aromatic rings. The average Bonchev–Trinajstić information content (AvgIpc) is 1.93. The van der Waals surface area contributed by atoms with E-state index in [4.69, 9.17) is 5.73 Å². The van der Waals surface area contributed by atoms with Crippen molar-refractivity contribution in [2.45, 2.75) is 59.4 Å². The Morgan fingerprint density at radius 1 is 1.25 bits per heavy atom. The molecule has 2 unspecified atom stereocenters. The molecule has 0 aliphatic heterocycles. The van der Waals surface area contributed by atoms with Gasteiger partial charge in [0, 0.05) is 6.04 Å². The zero-order valence-corrected chi connectivity index (χ0v) is 8.98. The Morgan fingerprint density at radius 2 is 1.83 bits per heavy atom. The van der Waals surface area contributed by atoms with Crippen molar-refractivity contribution >= 4 is 0 Å². The first kappa shape index (κ1) is 10.0. The molecule has 0 bridgehead atoms. The van der Waals surface area contributed by atoms with Crippen LogP contribution < -0.4 is 5.73 Å². The molecule has 1 nitrogen and oxygen atoms in total. The van der Waals surface area contributed by atoms with E-state index in [0.717, 1.165) is 0 Å². The third kappa shape index (κ3) is 1.52. The summed E-state index contributed by atoms with van der Waals surface area (Å²) < 4.78 is 0. The van der Waals surface area contributed by atoms with Crippen LogP contribution in [0.15, 0.2) is 0 Å². The van der Waals surface area contributed by atoms with Gasteiger partial charge < -0.3 is 5.73 Å². The molecule has 0 aromatic carbocycles. The molecular weight excluding hydrogens is 146 g/mol. The van der Waals surface area contributed by atoms with Gasteiger partial charge in [-0.1, -0.05) is 40.5 Å². The van der Waals surface area contributed by atoms with E-state index in [0.29, 0.717) is 16.9 Å². The van der Waals surface area contributed by atoms with E-state index in [2.05, 4.69) is 27.7 Å². The summed E-state index contributed by atoms with van der Waals surface area (Å²) in [6.07, 6.45) is 5.21. The highest BCUT2D eigenvalue weighted by Crippen LogP contribution is 2.48. The van der Waals surface area contributed by atoms with Crippen LogP contribution in [0, 0.1) is 10.8 Å². The molecule has 0 saturated heterocycles. The summed E-state index contributed by atoms with van der Waals surface area (Å²) in [5.41, 5.74) is 6.91. The monoisotopic (exact) mass is 169 g/mol. The fourth-order valence-electron chi connectivity index (χ4n) is 2.29. The second-order valence-corrected chi connectivity index (χ2v) is 5.52. The van der Waals surface area contributed by atoms with Crippen molar-refractivity contribution in [2.75, 3.05) is 0 Å². The normalized spacial score (nSPS) is 38.2. The molecule has 1 rings (SSSR count). The van der Waals surface area contributed by atoms with Gasteiger partial charge >= 0.3 is 0 Å². The molecule has 0 amide bonds. The van der Waals surface area contributed by atoms with E-state index in [1.54, 1.807) is 0 Å². The van der Waals surface area contributed by atoms with Crippen LogP contribution in [-0.2, 0) is 0 Å². The zero-order chi connectivity index (χ0) is 9.41. The first-order valence-corrected chi connectivity index (χ1v) is 5.13. The Hall–Kier alpha value is -0.0400. The SMILES string of the molecule is CC(C)(C)C1(C)CCCCC1N. The van der Waals surface area contributed by atoms with Gasteiger partial charge in [0.1, 0.15) is 0 Å². The molecule has 1 saturated carbocycles. The van der Waals surface area contributed by atoms with Crippen molar-refractivity contribution in [3.05, 3.63) is 0 Å². The van der Waals surface area contributed by atoms with Gasteiger partial charge in [-0.25, -0.2) is 0 Å². The molecule has 0 aromatic heterocycles. The van der Waals surface area contributed by atoms with E-state index in [1.807, 2.05) is 0 Å². The van der Waals surface area contributed by atoms with Gasteiger partial charge in [0.25, 0.3) is 0 Å². The minimum Gasteiger partial charge on any atom is -0.327 e. The maximum atomic E-state index is 6.20. The summed E-state index contributed by atoms with van der Waals surface area (Å²) in [4.78, 5) is 0. The van der Waals surface area contributed by atoms with E-state index >= 15 is 0 Å². The smallest absolute Gasteiger partial charge is 0.00979 e. The average molecular weight is 169 g/mol. The van der Waals surface area contributed by atoms with Crippen molar-refractivity contribution < 1.29 is 0 Å². The molecule has 2 atom stereocenters. The summed E-state index contributed by atoms with van der Waals surface area (Å²) in [7, 11) is 0. The van der Waals surface area contributed by atoms with Crippen LogP contribution in [0.25, 0.3) is 0 Å². The molecule has 1 heteroatoms. The van der Waals surface area contributed by atoms with Crippen molar-refractivity contribution in [1.29, 1.82) is 0 Å². The molecular formula is C11H23N. The quantitative estimate of drug-likeness (QED) is 0.593. The van der Waals surface area contributed by atoms with Gasteiger partial charge in [0.2, 0.25) is 0 Å². The lowest BCUT2D eigenvalue weighted by Gasteiger charge is -2.49. The Morgan fingerprint density at radius 3 is 2.17 bits per heavy atom. The van der Waals surface area contributed by atoms with Gasteiger partial charge in [-0.2, -0.15) is 0 Å². The van der Waals surface area contributed by atoms with E-state index < -0.39 is 0 Å². The standard InChI is InChI=1S/C11H23N/c1-10(2,3)11(4)8-6-5-7-9(11)12/h9H,5-8,12H2,1-4H3. The maximum absolute atomic E-state index is 6.20. The highest BCUT2D eigenvalue weighted by atomic mass is 14.7. The molecule has 1 fully saturated rings. The summed E-state index contributed by atoms with van der Waals surface area (Å²) in [6.45, 7) is 9.31. The predicted molar refractivity (Wildman–Crippen MR) is 54.0 cm³/mol. The lowest BCUT2D eigenvalue weighted by atomic mass is 9.58. The summed E-state index contributed by atoms with van der Waals surface area (Å²) in [6, 6.07) is 0.409. The number of hydrogen-bond acceptors (Lipinski definition) is 1. The molecule has 0 spiro atoms. The van der Waals surface area contributed by atoms with Crippen LogP contribution in [0.2, 0.25) is 0 Å². The Bertz CT molecular complexity index is 157. The topological polar surface area (TPSA) is 26.0 Å². The van der Waals surface area contributed by atoms with E-state index in [1.165, 1.54) is 25.7 Å². The Kier molecular flexibility index (Phi) is 2.53. The van der Waals surface area contributed by atoms with Crippen molar-refractivity contribution in [3.8, 4) is 0 Å². The van der Waals surface area contributed by atoms with Gasteiger partial charge in [0.15, 0.2) is 0 Å². The fourth-order valence-corrected chi connectivity index (χ4v) is 2.29. The molecule has 1 aliphatic rings. The molecule has 2 N–H and O–H groups in total. The van der Waals surface area contributed by atoms with Gasteiger partial charge in [0.05, 0.1) is 0 Å². The molecule has 72 valence electrons. The van der Waals surface area contributed by atoms with Crippen LogP contribution in [0.5, 0.6) is 0 Å². The molecule has 12 heavy (non-hydrogen) atoms. The lowest BCUT2D eigenvalue weighted by Crippen LogP contribution is -2.50. The van der Waals surface area contributed by atoms with E-state index in [-0.39, 0.29) is 0 Å². The van der Waals surface area contributed by atoms with Crippen molar-refractivity contribution in [2.24, 2.45) is 16.6 Å². The molecule has 0 radical (unpaired) electrons. The Balaban J connectivity index is 2.79. The molecule has 1 aliphatic carbocycles. The van der Waals surface area contributed by atoms with Crippen molar-refractivity contribution in [1.82, 2.24) is 0 Å². The van der Waals surface area contributed by atoms with Gasteiger partial charge in [-0.15, -0.1) is 0 Å². The zero-order valence-electron chi connectivity index (χ0n) is 8.98. The summed E-state index contributed by atoms with van der Waals surface area (Å²) in [5.74, 6) is 0. The third-order valence-corrected chi connectivity index (χ3v) is 3.99. The van der Waals surface area contributed by atoms with Crippen LogP contribution in [0.3, 0.4) is 0 Å². The summed E-state index contributed by atoms with van der Waals surface area (Å²) >= 11 is 0. The van der Waals surface area contributed by atoms with Crippen molar-refractivity contribution in [3.63, 3.8) is 0 Å². The van der Waals surface area contributed by atoms with Crippen LogP contribution in [0.4, 0.5) is 0 Å².